The highest BCUT2D eigenvalue weighted by Crippen LogP contribution is 2.26. The minimum Gasteiger partial charge on any atom is -0.494 e. The Hall–Kier alpha value is -2.54. The van der Waals surface area contributed by atoms with Crippen molar-refractivity contribution in [3.05, 3.63) is 61.3 Å². The van der Waals surface area contributed by atoms with Crippen LogP contribution >= 0.6 is 11.6 Å². The van der Waals surface area contributed by atoms with E-state index in [-0.39, 0.29) is 17.5 Å². The molecule has 120 valence electrons. The molecule has 0 bridgehead atoms. The van der Waals surface area contributed by atoms with Crippen molar-refractivity contribution in [3.63, 3.8) is 0 Å². The fraction of sp³-hybridized carbons (Fsp3) is 0.267. The van der Waals surface area contributed by atoms with Gasteiger partial charge in [-0.3, -0.25) is 13.9 Å². The van der Waals surface area contributed by atoms with Gasteiger partial charge in [-0.1, -0.05) is 23.7 Å². The summed E-state index contributed by atoms with van der Waals surface area (Å²) in [6.07, 6.45) is 0.419. The molecule has 0 saturated heterocycles. The lowest BCUT2D eigenvalue weighted by Gasteiger charge is -2.11. The molecule has 2 heterocycles. The van der Waals surface area contributed by atoms with Crippen molar-refractivity contribution >= 4 is 17.3 Å². The summed E-state index contributed by atoms with van der Waals surface area (Å²) in [5.41, 5.74) is 3.22. The number of aromatic hydroxyl groups is 1. The van der Waals surface area contributed by atoms with E-state index in [2.05, 4.69) is 10.5 Å². The van der Waals surface area contributed by atoms with Crippen molar-refractivity contribution in [1.29, 1.82) is 0 Å². The Morgan fingerprint density at radius 3 is 2.52 bits per heavy atom. The lowest BCUT2D eigenvalue weighted by Crippen LogP contribution is -2.39. The van der Waals surface area contributed by atoms with Crippen LogP contribution in [0.15, 0.2) is 39.0 Å². The van der Waals surface area contributed by atoms with Crippen LogP contribution in [0.1, 0.15) is 23.6 Å². The molecule has 0 amide bonds. The van der Waals surface area contributed by atoms with Crippen molar-refractivity contribution in [2.75, 3.05) is 0 Å². The second-order valence-corrected chi connectivity index (χ2v) is 5.84. The highest BCUT2D eigenvalue weighted by molar-refractivity contribution is 6.30. The van der Waals surface area contributed by atoms with Gasteiger partial charge in [0.05, 0.1) is 11.8 Å². The van der Waals surface area contributed by atoms with E-state index >= 15 is 0 Å². The summed E-state index contributed by atoms with van der Waals surface area (Å²) in [5, 5.41) is 15.0. The molecule has 2 aromatic rings. The first-order chi connectivity index (χ1) is 10.9. The molecule has 0 spiro atoms. The molecule has 1 atom stereocenters. The van der Waals surface area contributed by atoms with Crippen LogP contribution in [-0.2, 0) is 14.1 Å². The Balaban J connectivity index is 1.98. The van der Waals surface area contributed by atoms with Gasteiger partial charge in [0.2, 0.25) is 5.88 Å². The zero-order chi connectivity index (χ0) is 16.7. The first-order valence-corrected chi connectivity index (χ1v) is 7.35. The summed E-state index contributed by atoms with van der Waals surface area (Å²) in [4.78, 5) is 24.1. The van der Waals surface area contributed by atoms with Crippen LogP contribution in [0.5, 0.6) is 5.88 Å². The van der Waals surface area contributed by atoms with E-state index in [9.17, 15) is 14.7 Å². The Kier molecular flexibility index (Phi) is 3.73. The highest BCUT2D eigenvalue weighted by Gasteiger charge is 2.27. The summed E-state index contributed by atoms with van der Waals surface area (Å²) >= 11 is 5.88. The lowest BCUT2D eigenvalue weighted by molar-refractivity contribution is 0.410. The normalized spacial score (nSPS) is 17.0. The predicted molar refractivity (Wildman–Crippen MR) is 87.1 cm³/mol. The molecule has 0 saturated carbocycles. The molecule has 1 aliphatic rings. The SMILES string of the molecule is Cn1c(O)c(C2=NNC(c3ccc(Cl)cc3)C2)c(=O)n(C)c1=O. The molecule has 1 unspecified atom stereocenters. The molecule has 2 N–H and O–H groups in total. The number of nitrogens with one attached hydrogen (secondary N) is 1. The van der Waals surface area contributed by atoms with Crippen molar-refractivity contribution in [3.8, 4) is 5.88 Å². The number of nitrogens with zero attached hydrogens (tertiary/aromatic N) is 3. The molecule has 8 heteroatoms. The molecular weight excluding hydrogens is 320 g/mol. The van der Waals surface area contributed by atoms with E-state index in [1.807, 2.05) is 12.1 Å². The molecule has 0 aliphatic carbocycles. The van der Waals surface area contributed by atoms with Gasteiger partial charge in [0.15, 0.2) is 0 Å². The second-order valence-electron chi connectivity index (χ2n) is 5.40. The summed E-state index contributed by atoms with van der Waals surface area (Å²) in [6.45, 7) is 0. The number of aromatic nitrogens is 2. The third kappa shape index (κ3) is 2.53. The van der Waals surface area contributed by atoms with E-state index < -0.39 is 11.2 Å². The van der Waals surface area contributed by atoms with Gasteiger partial charge in [-0.15, -0.1) is 0 Å². The number of hydrazone groups is 1. The fourth-order valence-electron chi connectivity index (χ4n) is 2.57. The molecule has 1 aromatic carbocycles. The first kappa shape index (κ1) is 15.4. The molecule has 23 heavy (non-hydrogen) atoms. The molecule has 1 aliphatic heterocycles. The van der Waals surface area contributed by atoms with Gasteiger partial charge in [-0.25, -0.2) is 4.79 Å². The monoisotopic (exact) mass is 334 g/mol. The average Bonchev–Trinajstić information content (AvgIpc) is 3.01. The van der Waals surface area contributed by atoms with Gasteiger partial charge in [0, 0.05) is 25.5 Å². The third-order valence-electron chi connectivity index (χ3n) is 3.95. The summed E-state index contributed by atoms with van der Waals surface area (Å²) in [5.74, 6) is -0.379. The zero-order valence-corrected chi connectivity index (χ0v) is 13.3. The first-order valence-electron chi connectivity index (χ1n) is 6.97. The summed E-state index contributed by atoms with van der Waals surface area (Å²) < 4.78 is 1.97. The predicted octanol–water partition coefficient (Wildman–Crippen LogP) is 0.882. The largest absolute Gasteiger partial charge is 0.494 e. The Morgan fingerprint density at radius 1 is 1.22 bits per heavy atom. The van der Waals surface area contributed by atoms with Crippen LogP contribution in [0.25, 0.3) is 0 Å². The number of rotatable bonds is 2. The highest BCUT2D eigenvalue weighted by atomic mass is 35.5. The van der Waals surface area contributed by atoms with Gasteiger partial charge >= 0.3 is 5.69 Å². The van der Waals surface area contributed by atoms with Gasteiger partial charge in [0.1, 0.15) is 5.56 Å². The van der Waals surface area contributed by atoms with Gasteiger partial charge in [-0.2, -0.15) is 5.10 Å². The fourth-order valence-corrected chi connectivity index (χ4v) is 2.70. The standard InChI is InChI=1S/C15H15ClN4O3/c1-19-13(21)12(14(22)20(2)15(19)23)11-7-10(17-18-11)8-3-5-9(16)6-4-8/h3-6,10,17,21H,7H2,1-2H3. The Morgan fingerprint density at radius 2 is 1.87 bits per heavy atom. The molecule has 3 rings (SSSR count). The Bertz CT molecular complexity index is 912. The van der Waals surface area contributed by atoms with Crippen LogP contribution in [0.2, 0.25) is 5.02 Å². The molecule has 0 radical (unpaired) electrons. The number of hydrogen-bond donors (Lipinski definition) is 2. The van der Waals surface area contributed by atoms with E-state index in [0.717, 1.165) is 14.7 Å². The number of hydrogen-bond acceptors (Lipinski definition) is 5. The van der Waals surface area contributed by atoms with Crippen molar-refractivity contribution in [1.82, 2.24) is 14.6 Å². The molecular formula is C15H15ClN4O3. The van der Waals surface area contributed by atoms with Crippen molar-refractivity contribution in [2.45, 2.75) is 12.5 Å². The van der Waals surface area contributed by atoms with Crippen LogP contribution in [-0.4, -0.2) is 20.0 Å². The molecule has 1 aromatic heterocycles. The van der Waals surface area contributed by atoms with Crippen molar-refractivity contribution in [2.24, 2.45) is 19.2 Å². The average molecular weight is 335 g/mol. The van der Waals surface area contributed by atoms with Crippen LogP contribution in [0, 0.1) is 0 Å². The molecule has 0 fully saturated rings. The van der Waals surface area contributed by atoms with Gasteiger partial charge in [0.25, 0.3) is 5.56 Å². The second kappa shape index (κ2) is 5.58. The smallest absolute Gasteiger partial charge is 0.333 e. The number of halogens is 1. The van der Waals surface area contributed by atoms with Crippen LogP contribution < -0.4 is 16.7 Å². The zero-order valence-electron chi connectivity index (χ0n) is 12.6. The third-order valence-corrected chi connectivity index (χ3v) is 4.20. The molecule has 7 nitrogen and oxygen atoms in total. The van der Waals surface area contributed by atoms with E-state index in [4.69, 9.17) is 11.6 Å². The Labute approximate surface area is 136 Å². The number of benzene rings is 1. The van der Waals surface area contributed by atoms with E-state index in [0.29, 0.717) is 17.2 Å². The maximum absolute atomic E-state index is 12.3. The maximum Gasteiger partial charge on any atom is 0.333 e. The van der Waals surface area contributed by atoms with Gasteiger partial charge < -0.3 is 10.5 Å². The van der Waals surface area contributed by atoms with E-state index in [1.165, 1.54) is 14.1 Å². The van der Waals surface area contributed by atoms with Crippen LogP contribution in [0.4, 0.5) is 0 Å². The topological polar surface area (TPSA) is 88.6 Å². The maximum atomic E-state index is 12.3. The van der Waals surface area contributed by atoms with E-state index in [1.54, 1.807) is 12.1 Å². The quantitative estimate of drug-likeness (QED) is 0.853. The summed E-state index contributed by atoms with van der Waals surface area (Å²) in [7, 11) is 2.77. The van der Waals surface area contributed by atoms with Crippen molar-refractivity contribution < 1.29 is 5.11 Å². The van der Waals surface area contributed by atoms with Crippen LogP contribution in [0.3, 0.4) is 0 Å². The minimum absolute atomic E-state index is 0.0403. The summed E-state index contributed by atoms with van der Waals surface area (Å²) in [6, 6.07) is 7.18. The minimum atomic E-state index is -0.586. The van der Waals surface area contributed by atoms with Gasteiger partial charge in [-0.05, 0) is 17.7 Å². The lowest BCUT2D eigenvalue weighted by atomic mass is 10.00.